The first-order valence-electron chi connectivity index (χ1n) is 13.9. The van der Waals surface area contributed by atoms with Crippen molar-refractivity contribution in [2.75, 3.05) is 0 Å². The van der Waals surface area contributed by atoms with Crippen LogP contribution in [-0.4, -0.2) is 5.71 Å². The fraction of sp³-hybridized carbons (Fsp3) is 0.471. The molecule has 0 aromatic heterocycles. The van der Waals surface area contributed by atoms with Crippen LogP contribution < -0.4 is 4.74 Å². The van der Waals surface area contributed by atoms with Crippen LogP contribution in [0.5, 0.6) is 5.75 Å². The molecule has 0 saturated heterocycles. The Labute approximate surface area is 226 Å². The summed E-state index contributed by atoms with van der Waals surface area (Å²) in [7, 11) is 0. The van der Waals surface area contributed by atoms with Gasteiger partial charge in [0.1, 0.15) is 11.5 Å². The van der Waals surface area contributed by atoms with Gasteiger partial charge in [0.25, 0.3) is 0 Å². The van der Waals surface area contributed by atoms with Crippen LogP contribution in [-0.2, 0) is 0 Å². The molecule has 1 aliphatic carbocycles. The van der Waals surface area contributed by atoms with Crippen LogP contribution >= 0.6 is 0 Å². The van der Waals surface area contributed by atoms with Gasteiger partial charge in [0, 0.05) is 17.3 Å². The van der Waals surface area contributed by atoms with E-state index in [2.05, 4.69) is 66.7 Å². The second-order valence-corrected chi connectivity index (χ2v) is 10.3. The Morgan fingerprint density at radius 2 is 1.81 bits per heavy atom. The van der Waals surface area contributed by atoms with Crippen molar-refractivity contribution >= 4 is 11.3 Å². The van der Waals surface area contributed by atoms with E-state index in [0.717, 1.165) is 41.9 Å². The number of aliphatic imine (C=N–C) groups is 1. The van der Waals surface area contributed by atoms with Crippen molar-refractivity contribution in [3.05, 3.63) is 81.8 Å². The molecule has 198 valence electrons. The van der Waals surface area contributed by atoms with Crippen molar-refractivity contribution in [3.63, 3.8) is 0 Å². The first-order chi connectivity index (χ1) is 17.7. The van der Waals surface area contributed by atoms with Crippen LogP contribution in [0.4, 0.5) is 0 Å². The standard InChI is InChI=1S/C34H46N2O/c1-10-18-36-34(25(8)12-3)32(21-28(13-4)23(5)6)30-17-14-27(22-35)20-33(30)37-26(9)19-31(24(7)11-2)29-15-16-29/h10,14,17-21,25,29H,11-13,15-16H2,1-9H3/b18-10-,26-19+,31-24+,32-21-,36-34-/t25-/m1/s1. The van der Waals surface area contributed by atoms with E-state index in [0.29, 0.717) is 17.2 Å². The van der Waals surface area contributed by atoms with Gasteiger partial charge in [-0.1, -0.05) is 44.9 Å². The molecule has 1 atom stereocenters. The maximum Gasteiger partial charge on any atom is 0.136 e. The second-order valence-electron chi connectivity index (χ2n) is 10.3. The molecular formula is C34H46N2O. The Morgan fingerprint density at radius 1 is 1.11 bits per heavy atom. The number of hydrogen-bond acceptors (Lipinski definition) is 3. The predicted octanol–water partition coefficient (Wildman–Crippen LogP) is 10.1. The minimum Gasteiger partial charge on any atom is -0.461 e. The van der Waals surface area contributed by atoms with Crippen LogP contribution in [0.2, 0.25) is 0 Å². The van der Waals surface area contributed by atoms with E-state index < -0.39 is 0 Å². The van der Waals surface area contributed by atoms with Gasteiger partial charge in [-0.25, -0.2) is 0 Å². The number of hydrogen-bond donors (Lipinski definition) is 0. The van der Waals surface area contributed by atoms with E-state index in [4.69, 9.17) is 9.73 Å². The van der Waals surface area contributed by atoms with Gasteiger partial charge < -0.3 is 4.74 Å². The monoisotopic (exact) mass is 498 g/mol. The molecule has 3 heteroatoms. The van der Waals surface area contributed by atoms with Crippen molar-refractivity contribution in [1.82, 2.24) is 0 Å². The quantitative estimate of drug-likeness (QED) is 0.163. The third-order valence-electron chi connectivity index (χ3n) is 7.13. The average molecular weight is 499 g/mol. The van der Waals surface area contributed by atoms with Gasteiger partial charge in [-0.05, 0) is 120 Å². The molecule has 0 aliphatic heterocycles. The van der Waals surface area contributed by atoms with Gasteiger partial charge in [0.05, 0.1) is 17.3 Å². The highest BCUT2D eigenvalue weighted by atomic mass is 16.5. The average Bonchev–Trinajstić information content (AvgIpc) is 3.73. The normalized spacial score (nSPS) is 16.4. The summed E-state index contributed by atoms with van der Waals surface area (Å²) in [6, 6.07) is 8.06. The molecule has 0 radical (unpaired) electrons. The van der Waals surface area contributed by atoms with Crippen LogP contribution in [0.1, 0.15) is 106 Å². The van der Waals surface area contributed by atoms with Crippen LogP contribution in [0.25, 0.3) is 5.57 Å². The second kappa shape index (κ2) is 14.6. The van der Waals surface area contributed by atoms with E-state index in [9.17, 15) is 5.26 Å². The highest BCUT2D eigenvalue weighted by Crippen LogP contribution is 2.40. The Kier molecular flexibility index (Phi) is 11.9. The zero-order chi connectivity index (χ0) is 27.5. The first kappa shape index (κ1) is 30.1. The van der Waals surface area contributed by atoms with Crippen LogP contribution in [0.3, 0.4) is 0 Å². The summed E-state index contributed by atoms with van der Waals surface area (Å²) in [4.78, 5) is 4.92. The Hall–Kier alpha value is -3.12. The fourth-order valence-corrected chi connectivity index (χ4v) is 4.38. The van der Waals surface area contributed by atoms with E-state index in [1.165, 1.54) is 35.1 Å². The maximum atomic E-state index is 9.68. The number of rotatable bonds is 12. The van der Waals surface area contributed by atoms with Crippen molar-refractivity contribution in [2.45, 2.75) is 94.4 Å². The molecule has 0 N–H and O–H groups in total. The topological polar surface area (TPSA) is 45.4 Å². The summed E-state index contributed by atoms with van der Waals surface area (Å²) >= 11 is 0. The van der Waals surface area contributed by atoms with E-state index in [-0.39, 0.29) is 5.92 Å². The SMILES string of the molecule is C\C=C/N=C(\C(=C/C(CC)=C(C)C)c1ccc(C#N)cc1O/C(C)=C/C(=C(/C)CC)C1CC1)[C@H](C)CC. The highest BCUT2D eigenvalue weighted by molar-refractivity contribution is 6.26. The smallest absolute Gasteiger partial charge is 0.136 e. The summed E-state index contributed by atoms with van der Waals surface area (Å²) in [5.41, 5.74) is 9.04. The van der Waals surface area contributed by atoms with E-state index in [1.807, 2.05) is 44.3 Å². The minimum absolute atomic E-state index is 0.259. The summed E-state index contributed by atoms with van der Waals surface area (Å²) < 4.78 is 6.56. The molecular weight excluding hydrogens is 452 g/mol. The number of benzene rings is 1. The lowest BCUT2D eigenvalue weighted by molar-refractivity contribution is 0.425. The first-order valence-corrected chi connectivity index (χ1v) is 13.9. The molecule has 0 unspecified atom stereocenters. The molecule has 2 rings (SSSR count). The minimum atomic E-state index is 0.259. The molecule has 1 aromatic rings. The lowest BCUT2D eigenvalue weighted by Gasteiger charge is -2.21. The molecule has 1 saturated carbocycles. The van der Waals surface area contributed by atoms with Crippen molar-refractivity contribution in [2.24, 2.45) is 16.8 Å². The number of nitriles is 1. The maximum absolute atomic E-state index is 9.68. The summed E-state index contributed by atoms with van der Waals surface area (Å²) in [5.74, 6) is 2.45. The fourth-order valence-electron chi connectivity index (χ4n) is 4.38. The van der Waals surface area contributed by atoms with E-state index in [1.54, 1.807) is 0 Å². The van der Waals surface area contributed by atoms with Crippen LogP contribution in [0.15, 0.2) is 75.7 Å². The molecule has 37 heavy (non-hydrogen) atoms. The van der Waals surface area contributed by atoms with Gasteiger partial charge in [-0.15, -0.1) is 0 Å². The van der Waals surface area contributed by atoms with Crippen LogP contribution in [0, 0.1) is 23.2 Å². The molecule has 0 heterocycles. The molecule has 1 aliphatic rings. The van der Waals surface area contributed by atoms with Gasteiger partial charge in [0.15, 0.2) is 0 Å². The molecule has 3 nitrogen and oxygen atoms in total. The number of nitrogens with zero attached hydrogens (tertiary/aromatic N) is 2. The van der Waals surface area contributed by atoms with Crippen molar-refractivity contribution in [3.8, 4) is 11.8 Å². The molecule has 1 fully saturated rings. The van der Waals surface area contributed by atoms with E-state index >= 15 is 0 Å². The summed E-state index contributed by atoms with van der Waals surface area (Å²) in [5, 5.41) is 9.68. The third-order valence-corrected chi connectivity index (χ3v) is 7.13. The molecule has 0 spiro atoms. The lowest BCUT2D eigenvalue weighted by Crippen LogP contribution is -2.14. The Bertz CT molecular complexity index is 1170. The molecule has 0 amide bonds. The Balaban J connectivity index is 2.77. The Morgan fingerprint density at radius 3 is 2.32 bits per heavy atom. The predicted molar refractivity (Wildman–Crippen MR) is 160 cm³/mol. The van der Waals surface area contributed by atoms with Gasteiger partial charge >= 0.3 is 0 Å². The molecule has 0 bridgehead atoms. The van der Waals surface area contributed by atoms with Gasteiger partial charge in [0.2, 0.25) is 0 Å². The number of ether oxygens (including phenoxy) is 1. The summed E-state index contributed by atoms with van der Waals surface area (Å²) in [6.45, 7) is 19.4. The largest absolute Gasteiger partial charge is 0.461 e. The summed E-state index contributed by atoms with van der Waals surface area (Å²) in [6.07, 6.45) is 13.8. The van der Waals surface area contributed by atoms with Gasteiger partial charge in [-0.2, -0.15) is 5.26 Å². The highest BCUT2D eigenvalue weighted by Gasteiger charge is 2.26. The zero-order valence-electron chi connectivity index (χ0n) is 24.5. The number of allylic oxidation sites excluding steroid dienone is 9. The third kappa shape index (κ3) is 8.46. The lowest BCUT2D eigenvalue weighted by atomic mass is 9.88. The van der Waals surface area contributed by atoms with Crippen molar-refractivity contribution in [1.29, 1.82) is 5.26 Å². The van der Waals surface area contributed by atoms with Crippen molar-refractivity contribution < 1.29 is 4.74 Å². The molecule has 1 aromatic carbocycles. The van der Waals surface area contributed by atoms with Gasteiger partial charge in [-0.3, -0.25) is 4.99 Å². The zero-order valence-corrected chi connectivity index (χ0v) is 24.5.